The van der Waals surface area contributed by atoms with Gasteiger partial charge < -0.3 is 55.9 Å². The Hall–Kier alpha value is -7.11. The summed E-state index contributed by atoms with van der Waals surface area (Å²) < 4.78 is 12.3. The van der Waals surface area contributed by atoms with E-state index in [1.165, 1.54) is 7.11 Å². The molecule has 2 heterocycles. The van der Waals surface area contributed by atoms with Gasteiger partial charge >= 0.3 is 12.0 Å². The predicted molar refractivity (Wildman–Crippen MR) is 364 cm³/mol. The van der Waals surface area contributed by atoms with E-state index < -0.39 is 89.5 Å². The number of urea groups is 1. The lowest BCUT2D eigenvalue weighted by atomic mass is 9.83. The van der Waals surface area contributed by atoms with Gasteiger partial charge in [0.15, 0.2) is 11.6 Å². The molecular formula is C72H113N9O14. The van der Waals surface area contributed by atoms with Crippen molar-refractivity contribution in [2.75, 3.05) is 73.9 Å². The molecule has 0 aliphatic carbocycles. The van der Waals surface area contributed by atoms with Crippen molar-refractivity contribution in [3.05, 3.63) is 65.7 Å². The number of carbonyl (C=O) groups is 11. The first-order chi connectivity index (χ1) is 44.8. The Morgan fingerprint density at radius 1 is 0.684 bits per heavy atom. The second kappa shape index (κ2) is 39.2. The molecule has 2 aromatic carbocycles. The van der Waals surface area contributed by atoms with Gasteiger partial charge in [-0.2, -0.15) is 0 Å². The molecule has 2 fully saturated rings. The van der Waals surface area contributed by atoms with Gasteiger partial charge in [0, 0.05) is 123 Å². The maximum absolute atomic E-state index is 14.7. The third-order valence-corrected chi connectivity index (χ3v) is 19.5. The fraction of sp³-hybridized carbons (Fsp3) is 0.681. The molecule has 0 aromatic heterocycles. The molecule has 95 heavy (non-hydrogen) atoms. The van der Waals surface area contributed by atoms with Crippen molar-refractivity contribution < 1.29 is 67.3 Å². The lowest BCUT2D eigenvalue weighted by Gasteiger charge is -2.41. The number of benzene rings is 2. The molecule has 0 bridgehead atoms. The van der Waals surface area contributed by atoms with E-state index in [9.17, 15) is 57.8 Å². The second-order valence-electron chi connectivity index (χ2n) is 27.8. The number of aliphatic carboxylic acids is 1. The molecule has 2 aromatic rings. The summed E-state index contributed by atoms with van der Waals surface area (Å²) in [5.41, 5.74) is 7.30. The number of primary amides is 1. The maximum Gasteiger partial charge on any atom is 0.312 e. The van der Waals surface area contributed by atoms with Crippen LogP contribution in [0.25, 0.3) is 0 Å². The average molecular weight is 1330 g/mol. The number of amides is 8. The number of nitrogens with zero attached hydrogens (tertiary/aromatic N) is 5. The highest BCUT2D eigenvalue weighted by Gasteiger charge is 2.44. The average Bonchev–Trinajstić information content (AvgIpc) is 1.81. The Balaban J connectivity index is 1.46. The molecule has 2 aliphatic rings. The van der Waals surface area contributed by atoms with Crippen LogP contribution >= 0.6 is 0 Å². The van der Waals surface area contributed by atoms with Gasteiger partial charge in [-0.25, -0.2) is 4.79 Å². The van der Waals surface area contributed by atoms with Crippen LogP contribution < -0.4 is 21.7 Å². The quantitative estimate of drug-likeness (QED) is 0.0406. The molecule has 0 spiro atoms. The number of rotatable bonds is 40. The summed E-state index contributed by atoms with van der Waals surface area (Å²) in [5, 5.41) is 17.5. The van der Waals surface area contributed by atoms with Gasteiger partial charge in [0.1, 0.15) is 5.78 Å². The Morgan fingerprint density at radius 3 is 1.86 bits per heavy atom. The van der Waals surface area contributed by atoms with Crippen LogP contribution in [0.5, 0.6) is 0 Å². The zero-order valence-electron chi connectivity index (χ0n) is 59.4. The van der Waals surface area contributed by atoms with Gasteiger partial charge in [-0.3, -0.25) is 52.8 Å². The monoisotopic (exact) mass is 1330 g/mol. The van der Waals surface area contributed by atoms with Crippen molar-refractivity contribution in [1.29, 1.82) is 0 Å². The van der Waals surface area contributed by atoms with Crippen molar-refractivity contribution in [3.63, 3.8) is 0 Å². The molecule has 23 nitrogen and oxygen atoms in total. The molecule has 530 valence electrons. The molecule has 8 amide bonds. The first kappa shape index (κ1) is 80.3. The number of carboxylic acid groups (broad SMARTS) is 1. The van der Waals surface area contributed by atoms with Crippen LogP contribution in [-0.2, 0) is 70.4 Å². The number of Topliss-reactive ketones (excluding diaryl/α,β-unsaturated/α-hetero) is 3. The minimum Gasteiger partial charge on any atom is -0.481 e. The van der Waals surface area contributed by atoms with E-state index in [1.807, 2.05) is 90.9 Å². The molecule has 2 saturated heterocycles. The number of ether oxygens (including phenoxy) is 2. The number of hydrogen-bond donors (Lipinski definition) is 5. The SMILES string of the molecule is CC[C@H](C)[C@@H]([C@@H](CC(=O)N1CCC[C@H]1[C@H](OC)[C@@H](C)C(=O)C[C@@H](Cc1ccccc1)C(=O)N(C)Cc1ccc(NC(=O)[C@H](CCCNC(N)=O)CC(=O)[C@@H](NC(=O)CCC(=O)N2CCC(C(=O)O)CC2)C(C)C)cc1)OC)N(C)C(=O)[C@@H](CC(=O)[C@H](C(C)C)N(C)C)C(C)C. The van der Waals surface area contributed by atoms with Crippen LogP contribution in [0.4, 0.5) is 10.5 Å². The molecule has 2 aliphatic heterocycles. The Bertz CT molecular complexity index is 2850. The summed E-state index contributed by atoms with van der Waals surface area (Å²) in [5.74, 6) is -7.30. The maximum atomic E-state index is 14.7. The highest BCUT2D eigenvalue weighted by Crippen LogP contribution is 2.33. The molecule has 11 atom stereocenters. The van der Waals surface area contributed by atoms with E-state index in [2.05, 4.69) is 16.0 Å². The Morgan fingerprint density at radius 2 is 1.32 bits per heavy atom. The van der Waals surface area contributed by atoms with Crippen molar-refractivity contribution >= 4 is 70.5 Å². The number of ketones is 3. The zero-order chi connectivity index (χ0) is 71.0. The molecule has 0 unspecified atom stereocenters. The largest absolute Gasteiger partial charge is 0.481 e. The molecule has 4 rings (SSSR count). The first-order valence-corrected chi connectivity index (χ1v) is 34.2. The lowest BCUT2D eigenvalue weighted by molar-refractivity contribution is -0.149. The van der Waals surface area contributed by atoms with Crippen LogP contribution in [0.15, 0.2) is 54.6 Å². The van der Waals surface area contributed by atoms with E-state index in [0.29, 0.717) is 50.8 Å². The van der Waals surface area contributed by atoms with E-state index in [0.717, 1.165) is 11.1 Å². The number of nitrogens with one attached hydrogen (secondary N) is 3. The van der Waals surface area contributed by atoms with Crippen molar-refractivity contribution in [1.82, 2.24) is 35.1 Å². The summed E-state index contributed by atoms with van der Waals surface area (Å²) >= 11 is 0. The van der Waals surface area contributed by atoms with Crippen molar-refractivity contribution in [2.45, 2.75) is 195 Å². The lowest BCUT2D eigenvalue weighted by Crippen LogP contribution is -2.54. The zero-order valence-corrected chi connectivity index (χ0v) is 59.4. The van der Waals surface area contributed by atoms with Crippen LogP contribution in [0, 0.1) is 53.3 Å². The highest BCUT2D eigenvalue weighted by molar-refractivity contribution is 5.98. The van der Waals surface area contributed by atoms with E-state index >= 15 is 0 Å². The van der Waals surface area contributed by atoms with E-state index in [-0.39, 0.29) is 142 Å². The number of carbonyl (C=O) groups excluding carboxylic acids is 10. The summed E-state index contributed by atoms with van der Waals surface area (Å²) in [6.07, 6.45) is 1.44. The van der Waals surface area contributed by atoms with Gasteiger partial charge in [-0.05, 0) is 106 Å². The van der Waals surface area contributed by atoms with E-state index in [1.54, 1.807) is 85.8 Å². The van der Waals surface area contributed by atoms with Crippen molar-refractivity contribution in [2.24, 2.45) is 59.0 Å². The topological polar surface area (TPSA) is 305 Å². The smallest absolute Gasteiger partial charge is 0.312 e. The molecule has 6 N–H and O–H groups in total. The highest BCUT2D eigenvalue weighted by atomic mass is 16.5. The van der Waals surface area contributed by atoms with Gasteiger partial charge in [0.2, 0.25) is 35.4 Å². The number of piperidine rings is 1. The molecule has 23 heteroatoms. The number of likely N-dealkylation sites (tertiary alicyclic amines) is 2. The number of carboxylic acids is 1. The van der Waals surface area contributed by atoms with Gasteiger partial charge in [0.05, 0.1) is 48.7 Å². The first-order valence-electron chi connectivity index (χ1n) is 34.2. The summed E-state index contributed by atoms with van der Waals surface area (Å²) in [7, 11) is 10.3. The number of hydrogen-bond acceptors (Lipinski definition) is 14. The number of methoxy groups -OCH3 is 2. The fourth-order valence-corrected chi connectivity index (χ4v) is 13.9. The summed E-state index contributed by atoms with van der Waals surface area (Å²) in [6, 6.07) is 13.4. The number of anilines is 1. The van der Waals surface area contributed by atoms with E-state index in [4.69, 9.17) is 15.2 Å². The minimum atomic E-state index is -0.969. The standard InChI is InChI=1S/C72H113N9O14/c1-16-47(8)66(79(13)70(90)55(44(2)3)41-59(84)65(46(6)7)77(10)11)60(94-14)42-63(87)81-35-21-25-56(81)67(95-15)48(9)57(82)40-53(38-49-22-18-17-19-23-49)69(89)78(12)43-50-26-28-54(29-27-50)75-68(88)52(24-20-34-74-72(73)93)39-58(83)64(45(4)5)76-61(85)30-31-62(86)80-36-32-51(33-37-80)71(91)92/h17-19,22-23,26-29,44-48,51-53,55-56,60,64-67H,16,20-21,24-25,30-43H2,1-15H3,(H,75,88)(H,76,85)(H,91,92)(H3,73,74,93)/t47-,48-,52+,53+,55-,56-,60+,64-,65-,66-,67+/m0/s1. The predicted octanol–water partition coefficient (Wildman–Crippen LogP) is 7.41. The molecule has 0 radical (unpaired) electrons. The summed E-state index contributed by atoms with van der Waals surface area (Å²) in [4.78, 5) is 158. The normalized spacial score (nSPS) is 17.6. The van der Waals surface area contributed by atoms with Crippen LogP contribution in [0.1, 0.15) is 157 Å². The van der Waals surface area contributed by atoms with Crippen LogP contribution in [-0.4, -0.2) is 199 Å². The summed E-state index contributed by atoms with van der Waals surface area (Å²) in [6.45, 7) is 18.6. The van der Waals surface area contributed by atoms with Crippen LogP contribution in [0.3, 0.4) is 0 Å². The van der Waals surface area contributed by atoms with Gasteiger partial charge in [-0.15, -0.1) is 0 Å². The fourth-order valence-electron chi connectivity index (χ4n) is 13.9. The third kappa shape index (κ3) is 24.2. The number of nitrogens with two attached hydrogens (primary N) is 1. The Labute approximate surface area is 564 Å². The Kier molecular flexibility index (Phi) is 33.1. The van der Waals surface area contributed by atoms with Gasteiger partial charge in [-0.1, -0.05) is 111 Å². The minimum absolute atomic E-state index is 0.0115. The van der Waals surface area contributed by atoms with Gasteiger partial charge in [0.25, 0.3) is 0 Å². The second-order valence-corrected chi connectivity index (χ2v) is 27.8. The van der Waals surface area contributed by atoms with Crippen LogP contribution in [0.2, 0.25) is 0 Å². The van der Waals surface area contributed by atoms with Crippen molar-refractivity contribution in [3.8, 4) is 0 Å². The molecule has 0 saturated carbocycles. The number of likely N-dealkylation sites (N-methyl/N-ethyl adjacent to an activating group) is 2. The molecular weight excluding hydrogens is 1210 g/mol. The third-order valence-electron chi connectivity index (χ3n) is 19.5.